The number of anilines is 2. The zero-order valence-electron chi connectivity index (χ0n) is 9.86. The number of benzene rings is 1. The molecule has 0 radical (unpaired) electrons. The molecule has 4 N–H and O–H groups in total. The zero-order chi connectivity index (χ0) is 12.6. The van der Waals surface area contributed by atoms with Gasteiger partial charge in [0.05, 0.1) is 7.11 Å². The number of ether oxygens (including phenoxy) is 1. The van der Waals surface area contributed by atoms with E-state index in [2.05, 4.69) is 4.74 Å². The number of allylic oxidation sites excluding steroid dienone is 1. The standard InChI is InChI=1S/C7H10N2.C5H8O2/c1-5-2-6(8)4-7(9)3-5;1-3-4-5(6)7-2/h2-4H,8-9H2,1H3;3-4H,1-2H3/b;4-3+. The van der Waals surface area contributed by atoms with E-state index >= 15 is 0 Å². The van der Waals surface area contributed by atoms with Gasteiger partial charge >= 0.3 is 5.97 Å². The van der Waals surface area contributed by atoms with Crippen LogP contribution in [0.4, 0.5) is 11.4 Å². The number of aryl methyl sites for hydroxylation is 1. The maximum atomic E-state index is 10.1. The van der Waals surface area contributed by atoms with Gasteiger partial charge in [0.15, 0.2) is 0 Å². The molecule has 0 fully saturated rings. The van der Waals surface area contributed by atoms with Gasteiger partial charge < -0.3 is 16.2 Å². The quantitative estimate of drug-likeness (QED) is 0.432. The highest BCUT2D eigenvalue weighted by Crippen LogP contribution is 2.11. The highest BCUT2D eigenvalue weighted by atomic mass is 16.5. The lowest BCUT2D eigenvalue weighted by Crippen LogP contribution is -1.92. The monoisotopic (exact) mass is 222 g/mol. The molecular weight excluding hydrogens is 204 g/mol. The lowest BCUT2D eigenvalue weighted by Gasteiger charge is -1.97. The fraction of sp³-hybridized carbons (Fsp3) is 0.250. The molecule has 0 unspecified atom stereocenters. The van der Waals surface area contributed by atoms with Gasteiger partial charge in [0.25, 0.3) is 0 Å². The van der Waals surface area contributed by atoms with Crippen molar-refractivity contribution in [1.29, 1.82) is 0 Å². The van der Waals surface area contributed by atoms with Crippen molar-refractivity contribution in [3.8, 4) is 0 Å². The summed E-state index contributed by atoms with van der Waals surface area (Å²) < 4.78 is 4.26. The number of carbonyl (C=O) groups excluding carboxylic acids is 1. The van der Waals surface area contributed by atoms with Crippen molar-refractivity contribution in [2.24, 2.45) is 0 Å². The van der Waals surface area contributed by atoms with Gasteiger partial charge in [-0.15, -0.1) is 0 Å². The van der Waals surface area contributed by atoms with E-state index in [0.717, 1.165) is 16.9 Å². The van der Waals surface area contributed by atoms with Gasteiger partial charge in [0.2, 0.25) is 0 Å². The van der Waals surface area contributed by atoms with Crippen LogP contribution >= 0.6 is 0 Å². The van der Waals surface area contributed by atoms with Crippen molar-refractivity contribution in [3.05, 3.63) is 35.9 Å². The predicted octanol–water partition coefficient (Wildman–Crippen LogP) is 1.89. The molecule has 0 atom stereocenters. The molecule has 4 nitrogen and oxygen atoms in total. The van der Waals surface area contributed by atoms with Crippen molar-refractivity contribution in [2.45, 2.75) is 13.8 Å². The molecule has 0 saturated heterocycles. The second-order valence-electron chi connectivity index (χ2n) is 3.20. The molecule has 1 rings (SSSR count). The fourth-order valence-corrected chi connectivity index (χ4v) is 1.05. The molecule has 0 aromatic heterocycles. The zero-order valence-corrected chi connectivity index (χ0v) is 9.86. The maximum absolute atomic E-state index is 10.1. The smallest absolute Gasteiger partial charge is 0.330 e. The third-order valence-electron chi connectivity index (χ3n) is 1.63. The summed E-state index contributed by atoms with van der Waals surface area (Å²) in [4.78, 5) is 10.1. The van der Waals surface area contributed by atoms with Crippen LogP contribution in [0.5, 0.6) is 0 Å². The minimum absolute atomic E-state index is 0.303. The van der Waals surface area contributed by atoms with Gasteiger partial charge in [-0.25, -0.2) is 4.79 Å². The topological polar surface area (TPSA) is 78.3 Å². The Hall–Kier alpha value is -1.97. The molecule has 0 aliphatic heterocycles. The first kappa shape index (κ1) is 14.0. The number of nitrogens with two attached hydrogens (primary N) is 2. The SMILES string of the molecule is C/C=C/C(=O)OC.Cc1cc(N)cc(N)c1. The first-order chi connectivity index (χ1) is 7.49. The van der Waals surface area contributed by atoms with Gasteiger partial charge in [-0.1, -0.05) is 6.08 Å². The summed E-state index contributed by atoms with van der Waals surface area (Å²) in [5.74, 6) is -0.303. The number of nitrogen functional groups attached to an aromatic ring is 2. The van der Waals surface area contributed by atoms with E-state index in [1.165, 1.54) is 13.2 Å². The summed E-state index contributed by atoms with van der Waals surface area (Å²) in [5.41, 5.74) is 13.5. The minimum Gasteiger partial charge on any atom is -0.466 e. The Morgan fingerprint density at radius 1 is 1.25 bits per heavy atom. The third kappa shape index (κ3) is 6.48. The van der Waals surface area contributed by atoms with E-state index in [9.17, 15) is 4.79 Å². The predicted molar refractivity (Wildman–Crippen MR) is 66.8 cm³/mol. The molecule has 4 heteroatoms. The van der Waals surface area contributed by atoms with Crippen molar-refractivity contribution >= 4 is 17.3 Å². The van der Waals surface area contributed by atoms with E-state index in [-0.39, 0.29) is 5.97 Å². The van der Waals surface area contributed by atoms with Crippen LogP contribution in [-0.2, 0) is 9.53 Å². The number of carbonyl (C=O) groups is 1. The van der Waals surface area contributed by atoms with Crippen LogP contribution in [0.2, 0.25) is 0 Å². The lowest BCUT2D eigenvalue weighted by atomic mass is 10.2. The number of rotatable bonds is 1. The molecule has 88 valence electrons. The van der Waals surface area contributed by atoms with E-state index in [0.29, 0.717) is 0 Å². The number of hydrogen-bond donors (Lipinski definition) is 2. The van der Waals surface area contributed by atoms with Crippen LogP contribution < -0.4 is 11.5 Å². The second-order valence-corrected chi connectivity index (χ2v) is 3.20. The number of esters is 1. The lowest BCUT2D eigenvalue weighted by molar-refractivity contribution is -0.134. The maximum Gasteiger partial charge on any atom is 0.330 e. The van der Waals surface area contributed by atoms with Crippen LogP contribution in [0.25, 0.3) is 0 Å². The normalized spacial score (nSPS) is 9.44. The summed E-state index contributed by atoms with van der Waals surface area (Å²) in [7, 11) is 1.35. The highest BCUT2D eigenvalue weighted by Gasteiger charge is 1.88. The van der Waals surface area contributed by atoms with Crippen LogP contribution in [0.1, 0.15) is 12.5 Å². The first-order valence-electron chi connectivity index (χ1n) is 4.83. The average molecular weight is 222 g/mol. The summed E-state index contributed by atoms with van der Waals surface area (Å²) in [6, 6.07) is 5.51. The van der Waals surface area contributed by atoms with E-state index in [1.54, 1.807) is 19.1 Å². The van der Waals surface area contributed by atoms with Crippen molar-refractivity contribution < 1.29 is 9.53 Å². The molecule has 0 aliphatic carbocycles. The molecule has 1 aromatic rings. The Balaban J connectivity index is 0.000000293. The molecule has 0 aliphatic rings. The molecule has 0 heterocycles. The third-order valence-corrected chi connectivity index (χ3v) is 1.63. The average Bonchev–Trinajstić information content (AvgIpc) is 2.16. The van der Waals surface area contributed by atoms with Crippen LogP contribution in [-0.4, -0.2) is 13.1 Å². The van der Waals surface area contributed by atoms with Crippen molar-refractivity contribution in [3.63, 3.8) is 0 Å². The Morgan fingerprint density at radius 2 is 1.75 bits per heavy atom. The van der Waals surface area contributed by atoms with Crippen molar-refractivity contribution in [2.75, 3.05) is 18.6 Å². The molecule has 0 saturated carbocycles. The van der Waals surface area contributed by atoms with E-state index < -0.39 is 0 Å². The van der Waals surface area contributed by atoms with E-state index in [4.69, 9.17) is 11.5 Å². The Kier molecular flexibility index (Phi) is 6.43. The van der Waals surface area contributed by atoms with Crippen LogP contribution in [0.15, 0.2) is 30.4 Å². The molecule has 0 spiro atoms. The van der Waals surface area contributed by atoms with Gasteiger partial charge in [-0.3, -0.25) is 0 Å². The highest BCUT2D eigenvalue weighted by molar-refractivity contribution is 5.81. The summed E-state index contributed by atoms with van der Waals surface area (Å²) in [6.45, 7) is 3.73. The van der Waals surface area contributed by atoms with Crippen LogP contribution in [0.3, 0.4) is 0 Å². The van der Waals surface area contributed by atoms with Gasteiger partial charge in [0.1, 0.15) is 0 Å². The summed E-state index contributed by atoms with van der Waals surface area (Å²) >= 11 is 0. The van der Waals surface area contributed by atoms with Crippen molar-refractivity contribution in [1.82, 2.24) is 0 Å². The Labute approximate surface area is 95.9 Å². The number of hydrogen-bond acceptors (Lipinski definition) is 4. The summed E-state index contributed by atoms with van der Waals surface area (Å²) in [6.07, 6.45) is 2.99. The van der Waals surface area contributed by atoms with Gasteiger partial charge in [0, 0.05) is 17.5 Å². The summed E-state index contributed by atoms with van der Waals surface area (Å²) in [5, 5.41) is 0. The molecule has 0 bridgehead atoms. The van der Waals surface area contributed by atoms with Gasteiger partial charge in [-0.2, -0.15) is 0 Å². The fourth-order valence-electron chi connectivity index (χ4n) is 1.05. The molecule has 16 heavy (non-hydrogen) atoms. The molecule has 1 aromatic carbocycles. The Bertz CT molecular complexity index is 323. The first-order valence-corrected chi connectivity index (χ1v) is 4.83. The Morgan fingerprint density at radius 3 is 2.00 bits per heavy atom. The second kappa shape index (κ2) is 7.34. The number of methoxy groups -OCH3 is 1. The van der Waals surface area contributed by atoms with E-state index in [1.807, 2.05) is 19.1 Å². The largest absolute Gasteiger partial charge is 0.466 e. The molecular formula is C12H18N2O2. The van der Waals surface area contributed by atoms with Crippen LogP contribution in [0, 0.1) is 6.92 Å². The molecule has 0 amide bonds. The minimum atomic E-state index is -0.303. The van der Waals surface area contributed by atoms with Gasteiger partial charge in [-0.05, 0) is 37.6 Å².